The smallest absolute Gasteiger partial charge is 0.242 e. The van der Waals surface area contributed by atoms with Gasteiger partial charge in [-0.1, -0.05) is 5.16 Å². The maximum Gasteiger partial charge on any atom is 0.242 e. The summed E-state index contributed by atoms with van der Waals surface area (Å²) in [5.74, 6) is 0. The second kappa shape index (κ2) is 2.81. The van der Waals surface area contributed by atoms with Crippen molar-refractivity contribution >= 4 is 12.4 Å². The van der Waals surface area contributed by atoms with Gasteiger partial charge in [-0.25, -0.2) is 0 Å². The third-order valence-electron chi connectivity index (χ3n) is 0.913. The van der Waals surface area contributed by atoms with Gasteiger partial charge in [0.2, 0.25) is 12.4 Å². The van der Waals surface area contributed by atoms with Crippen LogP contribution in [0.1, 0.15) is 0 Å². The second-order valence-electron chi connectivity index (χ2n) is 1.53. The number of rotatable bonds is 1. The monoisotopic (exact) mass is 122 g/mol. The van der Waals surface area contributed by atoms with E-state index in [1.54, 1.807) is 24.6 Å². The molecule has 0 bridgehead atoms. The largest absolute Gasteiger partial charge is 0.411 e. The molecule has 1 rings (SSSR count). The van der Waals surface area contributed by atoms with Crippen LogP contribution in [0.4, 0.5) is 0 Å². The number of nitrogens with zero attached hydrogens (tertiary/aromatic N) is 2. The van der Waals surface area contributed by atoms with Crippen molar-refractivity contribution in [3.05, 3.63) is 23.9 Å². The fraction of sp³-hybridized carbons (Fsp3) is 0. The fourth-order valence-corrected chi connectivity index (χ4v) is 0.516. The molecule has 0 saturated heterocycles. The van der Waals surface area contributed by atoms with Crippen LogP contribution >= 0.6 is 0 Å². The Hall–Kier alpha value is -1.38. The van der Waals surface area contributed by atoms with Gasteiger partial charge in [0.1, 0.15) is 0 Å². The molecule has 1 aliphatic heterocycles. The van der Waals surface area contributed by atoms with Crippen LogP contribution in [0.25, 0.3) is 0 Å². The molecule has 0 aliphatic carbocycles. The van der Waals surface area contributed by atoms with Crippen molar-refractivity contribution in [3.8, 4) is 0 Å². The third kappa shape index (κ3) is 1.53. The lowest BCUT2D eigenvalue weighted by atomic mass is 10.2. The average molecular weight is 122 g/mol. The first-order valence-electron chi connectivity index (χ1n) is 2.51. The van der Waals surface area contributed by atoms with Crippen LogP contribution in [-0.4, -0.2) is 17.6 Å². The van der Waals surface area contributed by atoms with Crippen molar-refractivity contribution in [1.82, 2.24) is 4.99 Å². The summed E-state index contributed by atoms with van der Waals surface area (Å²) in [4.78, 5) is 3.78. The molecule has 0 spiro atoms. The minimum Gasteiger partial charge on any atom is -0.411 e. The summed E-state index contributed by atoms with van der Waals surface area (Å²) in [6.07, 6.45) is 8.12. The summed E-state index contributed by atoms with van der Waals surface area (Å²) in [5, 5.41) is 10.9. The highest BCUT2D eigenvalue weighted by molar-refractivity contribution is 5.90. The van der Waals surface area contributed by atoms with E-state index in [1.807, 2.05) is 0 Å². The lowest BCUT2D eigenvalue weighted by Gasteiger charge is -1.83. The molecule has 0 unspecified atom stereocenters. The molecule has 0 atom stereocenters. The molecule has 0 saturated carbocycles. The molecule has 3 nitrogen and oxygen atoms in total. The highest BCUT2D eigenvalue weighted by atomic mass is 16.4. The van der Waals surface area contributed by atoms with Gasteiger partial charge in [0.25, 0.3) is 0 Å². The van der Waals surface area contributed by atoms with Crippen LogP contribution in [0.3, 0.4) is 0 Å². The molecule has 1 aliphatic rings. The molecule has 0 amide bonds. The summed E-state index contributed by atoms with van der Waals surface area (Å²) in [7, 11) is 0. The van der Waals surface area contributed by atoms with Crippen LogP contribution in [-0.2, 0) is 0 Å². The van der Waals surface area contributed by atoms with Crippen LogP contribution in [0.5, 0.6) is 0 Å². The maximum absolute atomic E-state index is 8.07. The van der Waals surface area contributed by atoms with Gasteiger partial charge in [-0.15, -0.1) is 0 Å². The average Bonchev–Trinajstić information content (AvgIpc) is 1.91. The molecule has 1 radical (unpaired) electrons. The Balaban J connectivity index is 2.72. The van der Waals surface area contributed by atoms with Gasteiger partial charge in [-0.05, 0) is 0 Å². The molecule has 9 heavy (non-hydrogen) atoms. The van der Waals surface area contributed by atoms with Gasteiger partial charge in [0, 0.05) is 17.7 Å². The van der Waals surface area contributed by atoms with E-state index in [4.69, 9.17) is 5.21 Å². The number of allylic oxidation sites excluding steroid dienone is 3. The fourth-order valence-electron chi connectivity index (χ4n) is 0.516. The SMILES string of the molecule is ON=CC1=CC=[N+]C=C1. The standard InChI is InChI=1S/C6H6N2O/c9-8-5-6-1-3-7-4-2-6/h1-5,9H/q+1. The van der Waals surface area contributed by atoms with Crippen LogP contribution in [0.15, 0.2) is 29.1 Å². The lowest BCUT2D eigenvalue weighted by Crippen LogP contribution is -1.90. The van der Waals surface area contributed by atoms with E-state index in [1.165, 1.54) is 6.21 Å². The Kier molecular flexibility index (Phi) is 1.80. The van der Waals surface area contributed by atoms with E-state index in [2.05, 4.69) is 10.1 Å². The predicted molar refractivity (Wildman–Crippen MR) is 35.7 cm³/mol. The van der Waals surface area contributed by atoms with Gasteiger partial charge in [0.05, 0.1) is 11.2 Å². The quantitative estimate of drug-likeness (QED) is 0.303. The molecule has 3 heteroatoms. The Morgan fingerprint density at radius 1 is 1.67 bits per heavy atom. The Labute approximate surface area is 52.7 Å². The summed E-state index contributed by atoms with van der Waals surface area (Å²) < 4.78 is 0. The lowest BCUT2D eigenvalue weighted by molar-refractivity contribution is 0.322. The van der Waals surface area contributed by atoms with Gasteiger partial charge >= 0.3 is 0 Å². The summed E-state index contributed by atoms with van der Waals surface area (Å²) in [6.45, 7) is 0. The van der Waals surface area contributed by atoms with E-state index in [0.717, 1.165) is 5.57 Å². The maximum atomic E-state index is 8.07. The first-order chi connectivity index (χ1) is 4.43. The molecule has 0 aromatic carbocycles. The minimum atomic E-state index is 0.840. The van der Waals surface area contributed by atoms with E-state index in [0.29, 0.717) is 0 Å². The number of aliphatic imine (C=N–C) groups is 1. The Morgan fingerprint density at radius 3 is 3.11 bits per heavy atom. The molecule has 0 fully saturated rings. The molecule has 1 N–H and O–H groups in total. The van der Waals surface area contributed by atoms with Gasteiger partial charge in [0.15, 0.2) is 0 Å². The van der Waals surface area contributed by atoms with E-state index >= 15 is 0 Å². The molecule has 0 aromatic heterocycles. The molecule has 45 valence electrons. The highest BCUT2D eigenvalue weighted by Gasteiger charge is 1.94. The van der Waals surface area contributed by atoms with Gasteiger partial charge in [-0.3, -0.25) is 0 Å². The summed E-state index contributed by atoms with van der Waals surface area (Å²) >= 11 is 0. The zero-order valence-electron chi connectivity index (χ0n) is 4.73. The number of oxime groups is 1. The summed E-state index contributed by atoms with van der Waals surface area (Å²) in [5.41, 5.74) is 0.840. The van der Waals surface area contributed by atoms with Crippen molar-refractivity contribution in [2.75, 3.05) is 0 Å². The van der Waals surface area contributed by atoms with Gasteiger partial charge < -0.3 is 5.21 Å². The summed E-state index contributed by atoms with van der Waals surface area (Å²) in [6, 6.07) is 0. The zero-order valence-corrected chi connectivity index (χ0v) is 4.73. The van der Waals surface area contributed by atoms with Crippen molar-refractivity contribution in [2.45, 2.75) is 0 Å². The van der Waals surface area contributed by atoms with Gasteiger partial charge in [-0.2, -0.15) is 0 Å². The van der Waals surface area contributed by atoms with E-state index in [9.17, 15) is 0 Å². The normalized spacial score (nSPS) is 16.7. The topological polar surface area (TPSA) is 46.7 Å². The van der Waals surface area contributed by atoms with Crippen molar-refractivity contribution in [2.24, 2.45) is 5.16 Å². The minimum absolute atomic E-state index is 0.840. The predicted octanol–water partition coefficient (Wildman–Crippen LogP) is 0.307. The molecule has 0 aromatic rings. The molecule has 1 heterocycles. The molecular weight excluding hydrogens is 116 g/mol. The van der Waals surface area contributed by atoms with Crippen LogP contribution < -0.4 is 4.99 Å². The van der Waals surface area contributed by atoms with Crippen LogP contribution in [0, 0.1) is 0 Å². The second-order valence-corrected chi connectivity index (χ2v) is 1.53. The molecular formula is C6H6N2O+. The first-order valence-corrected chi connectivity index (χ1v) is 2.51. The zero-order chi connectivity index (χ0) is 6.53. The van der Waals surface area contributed by atoms with Crippen molar-refractivity contribution in [1.29, 1.82) is 0 Å². The van der Waals surface area contributed by atoms with Crippen molar-refractivity contribution < 1.29 is 5.21 Å². The Bertz CT molecular complexity index is 201. The van der Waals surface area contributed by atoms with E-state index < -0.39 is 0 Å². The van der Waals surface area contributed by atoms with Crippen LogP contribution in [0.2, 0.25) is 0 Å². The highest BCUT2D eigenvalue weighted by Crippen LogP contribution is 1.92. The Morgan fingerprint density at radius 2 is 2.56 bits per heavy atom. The third-order valence-corrected chi connectivity index (χ3v) is 0.913. The van der Waals surface area contributed by atoms with E-state index in [-0.39, 0.29) is 0 Å². The number of hydrogen-bond acceptors (Lipinski definition) is 3. The number of hydrogen-bond donors (Lipinski definition) is 1. The first kappa shape index (κ1) is 5.75. The van der Waals surface area contributed by atoms with Crippen molar-refractivity contribution in [3.63, 3.8) is 0 Å².